The molecule has 2 atom stereocenters. The van der Waals surface area contributed by atoms with Gasteiger partial charge in [-0.3, -0.25) is 0 Å². The Balaban J connectivity index is 2.18. The number of hydrogen-bond donors (Lipinski definition) is 1. The molecule has 1 fully saturated rings. The highest BCUT2D eigenvalue weighted by atomic mass is 15.1. The van der Waals surface area contributed by atoms with Crippen LogP contribution in [0, 0.1) is 5.92 Å². The molecular formula is C11H24N2. The van der Waals surface area contributed by atoms with Crippen molar-refractivity contribution in [1.29, 1.82) is 0 Å². The van der Waals surface area contributed by atoms with Crippen LogP contribution in [0.15, 0.2) is 0 Å². The van der Waals surface area contributed by atoms with Gasteiger partial charge in [-0.2, -0.15) is 0 Å². The predicted octanol–water partition coefficient (Wildman–Crippen LogP) is 1.72. The first-order chi connectivity index (χ1) is 6.24. The van der Waals surface area contributed by atoms with E-state index in [1.165, 1.54) is 38.9 Å². The van der Waals surface area contributed by atoms with Crippen LogP contribution < -0.4 is 5.32 Å². The van der Waals surface area contributed by atoms with Crippen molar-refractivity contribution in [1.82, 2.24) is 10.2 Å². The predicted molar refractivity (Wildman–Crippen MR) is 58.0 cm³/mol. The molecule has 78 valence electrons. The van der Waals surface area contributed by atoms with E-state index in [0.29, 0.717) is 0 Å². The van der Waals surface area contributed by atoms with Gasteiger partial charge in [0.25, 0.3) is 0 Å². The molecule has 1 aliphatic heterocycles. The standard InChI is InChI=1S/C11H24N2/c1-4-5-7-12-11-6-8-13(3)9-10(11)2/h10-12H,4-9H2,1-3H3. The van der Waals surface area contributed by atoms with Gasteiger partial charge in [-0.1, -0.05) is 20.3 Å². The largest absolute Gasteiger partial charge is 0.314 e. The molecule has 1 rings (SSSR count). The van der Waals surface area contributed by atoms with Crippen molar-refractivity contribution in [3.8, 4) is 0 Å². The maximum Gasteiger partial charge on any atom is 0.0117 e. The maximum absolute atomic E-state index is 3.67. The summed E-state index contributed by atoms with van der Waals surface area (Å²) >= 11 is 0. The third-order valence-corrected chi connectivity index (χ3v) is 3.05. The summed E-state index contributed by atoms with van der Waals surface area (Å²) in [6.07, 6.45) is 3.94. The first-order valence-electron chi connectivity index (χ1n) is 5.66. The van der Waals surface area contributed by atoms with E-state index in [-0.39, 0.29) is 0 Å². The van der Waals surface area contributed by atoms with Gasteiger partial charge in [-0.15, -0.1) is 0 Å². The summed E-state index contributed by atoms with van der Waals surface area (Å²) in [7, 11) is 2.22. The molecular weight excluding hydrogens is 160 g/mol. The van der Waals surface area contributed by atoms with Crippen LogP contribution in [-0.2, 0) is 0 Å². The lowest BCUT2D eigenvalue weighted by Gasteiger charge is -2.35. The fourth-order valence-corrected chi connectivity index (χ4v) is 2.12. The monoisotopic (exact) mass is 184 g/mol. The summed E-state index contributed by atoms with van der Waals surface area (Å²) in [4.78, 5) is 2.43. The van der Waals surface area contributed by atoms with Crippen LogP contribution >= 0.6 is 0 Å². The Morgan fingerprint density at radius 3 is 2.85 bits per heavy atom. The molecule has 0 aliphatic carbocycles. The minimum absolute atomic E-state index is 0.766. The Bertz CT molecular complexity index is 136. The quantitative estimate of drug-likeness (QED) is 0.669. The van der Waals surface area contributed by atoms with Crippen LogP contribution in [0.4, 0.5) is 0 Å². The van der Waals surface area contributed by atoms with Crippen molar-refractivity contribution in [3.63, 3.8) is 0 Å². The molecule has 13 heavy (non-hydrogen) atoms. The Hall–Kier alpha value is -0.0800. The summed E-state index contributed by atoms with van der Waals surface area (Å²) in [5.41, 5.74) is 0. The van der Waals surface area contributed by atoms with Gasteiger partial charge in [0.15, 0.2) is 0 Å². The number of hydrogen-bond acceptors (Lipinski definition) is 2. The molecule has 0 aromatic carbocycles. The lowest BCUT2D eigenvalue weighted by Crippen LogP contribution is -2.47. The zero-order chi connectivity index (χ0) is 9.68. The van der Waals surface area contributed by atoms with Crippen molar-refractivity contribution >= 4 is 0 Å². The van der Waals surface area contributed by atoms with E-state index in [9.17, 15) is 0 Å². The number of nitrogens with one attached hydrogen (secondary N) is 1. The second-order valence-electron chi connectivity index (χ2n) is 4.44. The second kappa shape index (κ2) is 5.61. The molecule has 0 bridgehead atoms. The molecule has 0 spiro atoms. The maximum atomic E-state index is 3.67. The zero-order valence-corrected chi connectivity index (χ0v) is 9.34. The highest BCUT2D eigenvalue weighted by Crippen LogP contribution is 2.15. The van der Waals surface area contributed by atoms with E-state index in [1.807, 2.05) is 0 Å². The van der Waals surface area contributed by atoms with E-state index < -0.39 is 0 Å². The van der Waals surface area contributed by atoms with E-state index in [2.05, 4.69) is 31.1 Å². The van der Waals surface area contributed by atoms with Crippen LogP contribution in [0.5, 0.6) is 0 Å². The fourth-order valence-electron chi connectivity index (χ4n) is 2.12. The molecule has 2 nitrogen and oxygen atoms in total. The number of nitrogens with zero attached hydrogens (tertiary/aromatic N) is 1. The summed E-state index contributed by atoms with van der Waals surface area (Å²) in [6, 6.07) is 0.766. The zero-order valence-electron chi connectivity index (χ0n) is 9.34. The normalized spacial score (nSPS) is 30.7. The number of likely N-dealkylation sites (tertiary alicyclic amines) is 1. The van der Waals surface area contributed by atoms with Gasteiger partial charge in [0.2, 0.25) is 0 Å². The first-order valence-corrected chi connectivity index (χ1v) is 5.66. The van der Waals surface area contributed by atoms with Crippen LogP contribution in [0.3, 0.4) is 0 Å². The molecule has 1 aliphatic rings. The van der Waals surface area contributed by atoms with Crippen molar-refractivity contribution in [3.05, 3.63) is 0 Å². The van der Waals surface area contributed by atoms with Crippen molar-refractivity contribution < 1.29 is 0 Å². The van der Waals surface area contributed by atoms with Crippen molar-refractivity contribution in [2.45, 2.75) is 39.2 Å². The molecule has 0 aromatic rings. The Morgan fingerprint density at radius 2 is 2.23 bits per heavy atom. The van der Waals surface area contributed by atoms with Gasteiger partial charge < -0.3 is 10.2 Å². The summed E-state index contributed by atoms with van der Waals surface area (Å²) < 4.78 is 0. The molecule has 1 heterocycles. The molecule has 0 amide bonds. The average Bonchev–Trinajstić information content (AvgIpc) is 2.09. The van der Waals surface area contributed by atoms with E-state index >= 15 is 0 Å². The molecule has 1 saturated heterocycles. The fraction of sp³-hybridized carbons (Fsp3) is 1.00. The van der Waals surface area contributed by atoms with Gasteiger partial charge in [0.1, 0.15) is 0 Å². The molecule has 0 saturated carbocycles. The Morgan fingerprint density at radius 1 is 1.46 bits per heavy atom. The lowest BCUT2D eigenvalue weighted by atomic mass is 9.94. The van der Waals surface area contributed by atoms with Gasteiger partial charge in [0.05, 0.1) is 0 Å². The van der Waals surface area contributed by atoms with Gasteiger partial charge >= 0.3 is 0 Å². The van der Waals surface area contributed by atoms with Crippen LogP contribution in [0.1, 0.15) is 33.1 Å². The number of rotatable bonds is 4. The smallest absolute Gasteiger partial charge is 0.0117 e. The molecule has 1 N–H and O–H groups in total. The minimum atomic E-state index is 0.766. The molecule has 0 radical (unpaired) electrons. The third kappa shape index (κ3) is 3.65. The van der Waals surface area contributed by atoms with Crippen molar-refractivity contribution in [2.75, 3.05) is 26.7 Å². The Kier molecular flexibility index (Phi) is 4.74. The lowest BCUT2D eigenvalue weighted by molar-refractivity contribution is 0.175. The number of piperidine rings is 1. The molecule has 2 unspecified atom stereocenters. The van der Waals surface area contributed by atoms with Crippen LogP contribution in [-0.4, -0.2) is 37.6 Å². The Labute approximate surface area is 82.7 Å². The second-order valence-corrected chi connectivity index (χ2v) is 4.44. The van der Waals surface area contributed by atoms with Crippen molar-refractivity contribution in [2.24, 2.45) is 5.92 Å². The number of unbranched alkanes of at least 4 members (excludes halogenated alkanes) is 1. The van der Waals surface area contributed by atoms with E-state index in [4.69, 9.17) is 0 Å². The summed E-state index contributed by atoms with van der Waals surface area (Å²) in [5, 5.41) is 3.67. The first kappa shape index (κ1) is 11.0. The topological polar surface area (TPSA) is 15.3 Å². The molecule has 2 heteroatoms. The highest BCUT2D eigenvalue weighted by Gasteiger charge is 2.22. The van der Waals surface area contributed by atoms with E-state index in [1.54, 1.807) is 0 Å². The summed E-state index contributed by atoms with van der Waals surface area (Å²) in [5.74, 6) is 0.815. The SMILES string of the molecule is CCCCNC1CCN(C)CC1C. The average molecular weight is 184 g/mol. The highest BCUT2D eigenvalue weighted by molar-refractivity contribution is 4.81. The van der Waals surface area contributed by atoms with Crippen LogP contribution in [0.2, 0.25) is 0 Å². The van der Waals surface area contributed by atoms with Crippen LogP contribution in [0.25, 0.3) is 0 Å². The molecule has 0 aromatic heterocycles. The van der Waals surface area contributed by atoms with E-state index in [0.717, 1.165) is 12.0 Å². The minimum Gasteiger partial charge on any atom is -0.314 e. The van der Waals surface area contributed by atoms with Gasteiger partial charge in [-0.05, 0) is 38.9 Å². The summed E-state index contributed by atoms with van der Waals surface area (Å²) in [6.45, 7) is 8.33. The van der Waals surface area contributed by atoms with Gasteiger partial charge in [-0.25, -0.2) is 0 Å². The van der Waals surface area contributed by atoms with Gasteiger partial charge in [0, 0.05) is 12.6 Å². The third-order valence-electron chi connectivity index (χ3n) is 3.05.